The average molecular weight is 228 g/mol. The predicted octanol–water partition coefficient (Wildman–Crippen LogP) is 2.58. The van der Waals surface area contributed by atoms with Crippen LogP contribution in [-0.4, -0.2) is 19.9 Å². The molecule has 0 aliphatic heterocycles. The van der Waals surface area contributed by atoms with Crippen molar-refractivity contribution in [3.63, 3.8) is 0 Å². The Morgan fingerprint density at radius 1 is 1.53 bits per heavy atom. The van der Waals surface area contributed by atoms with Gasteiger partial charge in [0, 0.05) is 5.02 Å². The fourth-order valence-electron chi connectivity index (χ4n) is 1.45. The van der Waals surface area contributed by atoms with E-state index in [1.807, 2.05) is 19.9 Å². The number of carbonyl (C=O) groups excluding carboxylic acids is 1. The average Bonchev–Trinajstić information content (AvgIpc) is 2.24. The smallest absolute Gasteiger partial charge is 0.142 e. The molecule has 0 bridgehead atoms. The second-order valence-corrected chi connectivity index (χ2v) is 3.64. The molecule has 15 heavy (non-hydrogen) atoms. The van der Waals surface area contributed by atoms with Gasteiger partial charge in [-0.2, -0.15) is 0 Å². The SMILES string of the molecule is COc1cc(C)c(Cl)c(C)c1NCC=O. The Hall–Kier alpha value is -1.22. The Bertz CT molecular complexity index is 377. The van der Waals surface area contributed by atoms with Crippen molar-refractivity contribution in [3.05, 3.63) is 22.2 Å². The van der Waals surface area contributed by atoms with Gasteiger partial charge in [0.1, 0.15) is 12.0 Å². The van der Waals surface area contributed by atoms with Gasteiger partial charge < -0.3 is 14.8 Å². The lowest BCUT2D eigenvalue weighted by molar-refractivity contribution is -0.106. The maximum Gasteiger partial charge on any atom is 0.142 e. The third-order valence-electron chi connectivity index (χ3n) is 2.23. The van der Waals surface area contributed by atoms with Crippen LogP contribution in [0.4, 0.5) is 5.69 Å². The summed E-state index contributed by atoms with van der Waals surface area (Å²) in [6.45, 7) is 4.06. The predicted molar refractivity (Wildman–Crippen MR) is 62.0 cm³/mol. The number of hydrogen-bond donors (Lipinski definition) is 1. The molecule has 0 aliphatic rings. The van der Waals surface area contributed by atoms with E-state index in [9.17, 15) is 4.79 Å². The van der Waals surface area contributed by atoms with Crippen molar-refractivity contribution in [2.24, 2.45) is 0 Å². The second kappa shape index (κ2) is 5.03. The number of methoxy groups -OCH3 is 1. The zero-order valence-electron chi connectivity index (χ0n) is 9.06. The summed E-state index contributed by atoms with van der Waals surface area (Å²) in [5, 5.41) is 3.67. The highest BCUT2D eigenvalue weighted by Gasteiger charge is 2.11. The molecule has 0 unspecified atom stereocenters. The Labute approximate surface area is 94.4 Å². The van der Waals surface area contributed by atoms with Crippen molar-refractivity contribution in [1.82, 2.24) is 0 Å². The second-order valence-electron chi connectivity index (χ2n) is 3.26. The minimum Gasteiger partial charge on any atom is -0.495 e. The Kier molecular flexibility index (Phi) is 3.97. The van der Waals surface area contributed by atoms with Crippen LogP contribution in [0.1, 0.15) is 11.1 Å². The zero-order chi connectivity index (χ0) is 11.4. The van der Waals surface area contributed by atoms with Gasteiger partial charge in [-0.25, -0.2) is 0 Å². The molecule has 0 fully saturated rings. The van der Waals surface area contributed by atoms with Crippen LogP contribution in [0.15, 0.2) is 6.07 Å². The lowest BCUT2D eigenvalue weighted by Gasteiger charge is -2.15. The molecule has 0 aromatic heterocycles. The van der Waals surface area contributed by atoms with Crippen LogP contribution in [0, 0.1) is 13.8 Å². The summed E-state index contributed by atoms with van der Waals surface area (Å²) in [6, 6.07) is 1.85. The van der Waals surface area contributed by atoms with Crippen molar-refractivity contribution < 1.29 is 9.53 Å². The van der Waals surface area contributed by atoms with Crippen molar-refractivity contribution in [2.45, 2.75) is 13.8 Å². The van der Waals surface area contributed by atoms with Gasteiger partial charge in [-0.3, -0.25) is 0 Å². The van der Waals surface area contributed by atoms with E-state index in [0.29, 0.717) is 10.8 Å². The third-order valence-corrected chi connectivity index (χ3v) is 2.81. The van der Waals surface area contributed by atoms with Gasteiger partial charge in [-0.15, -0.1) is 0 Å². The molecule has 0 aliphatic carbocycles. The molecule has 1 aromatic carbocycles. The molecule has 0 saturated heterocycles. The van der Waals surface area contributed by atoms with Crippen LogP contribution < -0.4 is 10.1 Å². The van der Waals surface area contributed by atoms with E-state index in [1.54, 1.807) is 7.11 Å². The molecule has 0 spiro atoms. The van der Waals surface area contributed by atoms with Crippen LogP contribution in [0.5, 0.6) is 5.75 Å². The summed E-state index contributed by atoms with van der Waals surface area (Å²) in [5.74, 6) is 0.705. The summed E-state index contributed by atoms with van der Waals surface area (Å²) in [4.78, 5) is 10.3. The van der Waals surface area contributed by atoms with E-state index in [1.165, 1.54) is 0 Å². The van der Waals surface area contributed by atoms with Crippen molar-refractivity contribution in [3.8, 4) is 5.75 Å². The lowest BCUT2D eigenvalue weighted by Crippen LogP contribution is -2.06. The molecule has 0 saturated carbocycles. The van der Waals surface area contributed by atoms with Gasteiger partial charge in [0.15, 0.2) is 0 Å². The van der Waals surface area contributed by atoms with Crippen LogP contribution in [0.2, 0.25) is 5.02 Å². The first-order valence-corrected chi connectivity index (χ1v) is 5.00. The fraction of sp³-hybridized carbons (Fsp3) is 0.364. The van der Waals surface area contributed by atoms with Crippen LogP contribution in [0.3, 0.4) is 0 Å². The molecule has 1 aromatic rings. The molecular weight excluding hydrogens is 214 g/mol. The molecule has 0 atom stereocenters. The minimum absolute atomic E-state index is 0.247. The Balaban J connectivity index is 3.20. The quantitative estimate of drug-likeness (QED) is 0.804. The monoisotopic (exact) mass is 227 g/mol. The van der Waals surface area contributed by atoms with Gasteiger partial charge in [-0.1, -0.05) is 11.6 Å². The minimum atomic E-state index is 0.247. The number of carbonyl (C=O) groups is 1. The number of halogens is 1. The first kappa shape index (κ1) is 11.9. The van der Waals surface area contributed by atoms with E-state index < -0.39 is 0 Å². The van der Waals surface area contributed by atoms with Crippen molar-refractivity contribution in [1.29, 1.82) is 0 Å². The van der Waals surface area contributed by atoms with Gasteiger partial charge >= 0.3 is 0 Å². The highest BCUT2D eigenvalue weighted by atomic mass is 35.5. The van der Waals surface area contributed by atoms with Crippen LogP contribution in [-0.2, 0) is 4.79 Å². The maximum absolute atomic E-state index is 10.3. The van der Waals surface area contributed by atoms with Crippen molar-refractivity contribution in [2.75, 3.05) is 19.0 Å². The summed E-state index contributed by atoms with van der Waals surface area (Å²) >= 11 is 6.11. The molecule has 4 heteroatoms. The number of anilines is 1. The number of aldehydes is 1. The number of nitrogens with one attached hydrogen (secondary N) is 1. The summed E-state index contributed by atoms with van der Waals surface area (Å²) in [7, 11) is 1.59. The number of aryl methyl sites for hydroxylation is 1. The van der Waals surface area contributed by atoms with E-state index in [4.69, 9.17) is 16.3 Å². The van der Waals surface area contributed by atoms with Crippen molar-refractivity contribution >= 4 is 23.6 Å². The highest BCUT2D eigenvalue weighted by Crippen LogP contribution is 2.35. The number of ether oxygens (including phenoxy) is 1. The third kappa shape index (κ3) is 2.42. The molecule has 0 amide bonds. The Morgan fingerprint density at radius 2 is 2.20 bits per heavy atom. The molecule has 1 N–H and O–H groups in total. The molecule has 0 heterocycles. The fourth-order valence-corrected chi connectivity index (χ4v) is 1.60. The van der Waals surface area contributed by atoms with E-state index in [0.717, 1.165) is 23.1 Å². The van der Waals surface area contributed by atoms with Gasteiger partial charge in [0.25, 0.3) is 0 Å². The molecule has 0 radical (unpaired) electrons. The first-order valence-electron chi connectivity index (χ1n) is 4.63. The molecular formula is C11H14ClNO2. The van der Waals surface area contributed by atoms with Crippen LogP contribution in [0.25, 0.3) is 0 Å². The largest absolute Gasteiger partial charge is 0.495 e. The normalized spacial score (nSPS) is 9.87. The first-order chi connectivity index (χ1) is 7.11. The van der Waals surface area contributed by atoms with Gasteiger partial charge in [0.2, 0.25) is 0 Å². The number of hydrogen-bond acceptors (Lipinski definition) is 3. The van der Waals surface area contributed by atoms with Gasteiger partial charge in [-0.05, 0) is 31.0 Å². The number of benzene rings is 1. The highest BCUT2D eigenvalue weighted by molar-refractivity contribution is 6.32. The van der Waals surface area contributed by atoms with E-state index >= 15 is 0 Å². The topological polar surface area (TPSA) is 38.3 Å². The summed E-state index contributed by atoms with van der Waals surface area (Å²) in [5.41, 5.74) is 2.64. The maximum atomic E-state index is 10.3. The summed E-state index contributed by atoms with van der Waals surface area (Å²) in [6.07, 6.45) is 0.798. The molecule has 1 rings (SSSR count). The van der Waals surface area contributed by atoms with E-state index in [-0.39, 0.29) is 6.54 Å². The number of rotatable bonds is 4. The molecule has 3 nitrogen and oxygen atoms in total. The summed E-state index contributed by atoms with van der Waals surface area (Å²) < 4.78 is 5.22. The molecule has 82 valence electrons. The zero-order valence-corrected chi connectivity index (χ0v) is 9.81. The van der Waals surface area contributed by atoms with E-state index in [2.05, 4.69) is 5.32 Å². The van der Waals surface area contributed by atoms with Gasteiger partial charge in [0.05, 0.1) is 19.3 Å². The standard InChI is InChI=1S/C11H14ClNO2/c1-7-6-9(15-3)11(13-4-5-14)8(2)10(7)12/h5-6,13H,4H2,1-3H3. The van der Waals surface area contributed by atoms with Crippen LogP contribution >= 0.6 is 11.6 Å². The lowest BCUT2D eigenvalue weighted by atomic mass is 10.1. The Morgan fingerprint density at radius 3 is 2.73 bits per heavy atom.